The highest BCUT2D eigenvalue weighted by molar-refractivity contribution is 5.80. The number of carbonyl (C=O) groups is 2. The molecule has 1 heterocycles. The van der Waals surface area contributed by atoms with Gasteiger partial charge in [-0.3, -0.25) is 9.59 Å². The number of rotatable bonds is 6. The molecular formula is C20H29NO4. The fraction of sp³-hybridized carbons (Fsp3) is 0.600. The highest BCUT2D eigenvalue weighted by atomic mass is 16.4. The van der Waals surface area contributed by atoms with Crippen molar-refractivity contribution in [2.45, 2.75) is 59.0 Å². The van der Waals surface area contributed by atoms with E-state index in [-0.39, 0.29) is 12.5 Å². The number of carboxylic acids is 1. The summed E-state index contributed by atoms with van der Waals surface area (Å²) in [7, 11) is 0. The first-order chi connectivity index (χ1) is 11.8. The molecule has 1 aliphatic heterocycles. The lowest BCUT2D eigenvalue weighted by atomic mass is 9.74. The van der Waals surface area contributed by atoms with E-state index in [2.05, 4.69) is 18.2 Å². The Labute approximate surface area is 149 Å². The van der Waals surface area contributed by atoms with Crippen LogP contribution in [-0.4, -0.2) is 46.2 Å². The molecule has 138 valence electrons. The number of amides is 1. The Hall–Kier alpha value is -1.88. The van der Waals surface area contributed by atoms with Gasteiger partial charge in [0.05, 0.1) is 6.10 Å². The lowest BCUT2D eigenvalue weighted by molar-refractivity contribution is -0.166. The van der Waals surface area contributed by atoms with Gasteiger partial charge >= 0.3 is 5.97 Å². The number of aliphatic hydroxyl groups is 1. The summed E-state index contributed by atoms with van der Waals surface area (Å²) in [5.74, 6) is -1.04. The molecule has 1 saturated heterocycles. The number of hydrogen-bond donors (Lipinski definition) is 2. The van der Waals surface area contributed by atoms with Gasteiger partial charge in [-0.15, -0.1) is 0 Å². The minimum Gasteiger partial charge on any atom is -0.481 e. The Kier molecular flexibility index (Phi) is 6.22. The maximum Gasteiger partial charge on any atom is 0.314 e. The van der Waals surface area contributed by atoms with E-state index in [1.54, 1.807) is 4.90 Å². The van der Waals surface area contributed by atoms with Crippen LogP contribution < -0.4 is 0 Å². The van der Waals surface area contributed by atoms with Crippen molar-refractivity contribution in [3.8, 4) is 0 Å². The van der Waals surface area contributed by atoms with Crippen LogP contribution in [0.3, 0.4) is 0 Å². The van der Waals surface area contributed by atoms with Gasteiger partial charge in [0, 0.05) is 19.5 Å². The van der Waals surface area contributed by atoms with Gasteiger partial charge in [-0.25, -0.2) is 0 Å². The summed E-state index contributed by atoms with van der Waals surface area (Å²) in [5.41, 5.74) is 2.25. The van der Waals surface area contributed by atoms with E-state index in [9.17, 15) is 19.8 Å². The number of benzene rings is 1. The molecule has 1 amide bonds. The van der Waals surface area contributed by atoms with E-state index in [0.29, 0.717) is 38.6 Å². The van der Waals surface area contributed by atoms with Gasteiger partial charge < -0.3 is 15.1 Å². The predicted octanol–water partition coefficient (Wildman–Crippen LogP) is 2.70. The summed E-state index contributed by atoms with van der Waals surface area (Å²) in [4.78, 5) is 26.0. The van der Waals surface area contributed by atoms with Crippen molar-refractivity contribution >= 4 is 11.9 Å². The molecule has 0 aromatic heterocycles. The van der Waals surface area contributed by atoms with E-state index in [1.807, 2.05) is 20.8 Å². The number of likely N-dealkylation sites (tertiary alicyclic amines) is 1. The number of nitrogens with zero attached hydrogens (tertiary/aromatic N) is 1. The molecule has 0 spiro atoms. The van der Waals surface area contributed by atoms with Crippen molar-refractivity contribution in [3.05, 3.63) is 34.9 Å². The second-order valence-electron chi connectivity index (χ2n) is 7.33. The van der Waals surface area contributed by atoms with Crippen LogP contribution in [-0.2, 0) is 16.0 Å². The number of piperidine rings is 1. The highest BCUT2D eigenvalue weighted by Gasteiger charge is 2.49. The summed E-state index contributed by atoms with van der Waals surface area (Å²) in [6.07, 6.45) is 1.48. The summed E-state index contributed by atoms with van der Waals surface area (Å²) < 4.78 is 0. The van der Waals surface area contributed by atoms with Gasteiger partial charge in [0.2, 0.25) is 5.91 Å². The fourth-order valence-corrected chi connectivity index (χ4v) is 3.92. The number of carbonyl (C=O) groups excluding carboxylic acids is 1. The Morgan fingerprint density at radius 3 is 2.44 bits per heavy atom. The monoisotopic (exact) mass is 347 g/mol. The summed E-state index contributed by atoms with van der Waals surface area (Å²) in [6.45, 7) is 6.50. The van der Waals surface area contributed by atoms with Crippen molar-refractivity contribution < 1.29 is 19.8 Å². The van der Waals surface area contributed by atoms with E-state index in [1.165, 1.54) is 11.1 Å². The van der Waals surface area contributed by atoms with Crippen LogP contribution in [0.25, 0.3) is 0 Å². The summed E-state index contributed by atoms with van der Waals surface area (Å²) in [5, 5.41) is 19.9. The van der Waals surface area contributed by atoms with Gasteiger partial charge in [-0.1, -0.05) is 42.7 Å². The zero-order valence-electron chi connectivity index (χ0n) is 15.4. The van der Waals surface area contributed by atoms with E-state index < -0.39 is 17.5 Å². The van der Waals surface area contributed by atoms with Crippen molar-refractivity contribution in [3.63, 3.8) is 0 Å². The number of hydrogen-bond acceptors (Lipinski definition) is 3. The molecule has 5 heteroatoms. The van der Waals surface area contributed by atoms with Crippen LogP contribution in [0, 0.1) is 19.3 Å². The third-order valence-electron chi connectivity index (χ3n) is 5.17. The van der Waals surface area contributed by atoms with Gasteiger partial charge in [0.15, 0.2) is 0 Å². The van der Waals surface area contributed by atoms with Crippen LogP contribution in [0.2, 0.25) is 0 Å². The average Bonchev–Trinajstić information content (AvgIpc) is 2.53. The van der Waals surface area contributed by atoms with Gasteiger partial charge in [0.1, 0.15) is 5.41 Å². The third kappa shape index (κ3) is 4.40. The quantitative estimate of drug-likeness (QED) is 0.829. The smallest absolute Gasteiger partial charge is 0.314 e. The minimum absolute atomic E-state index is 0.0345. The van der Waals surface area contributed by atoms with Crippen molar-refractivity contribution in [1.82, 2.24) is 4.90 Å². The lowest BCUT2D eigenvalue weighted by Crippen LogP contribution is -2.57. The third-order valence-corrected chi connectivity index (χ3v) is 5.17. The van der Waals surface area contributed by atoms with Crippen LogP contribution >= 0.6 is 0 Å². The molecule has 2 atom stereocenters. The molecule has 0 aliphatic carbocycles. The van der Waals surface area contributed by atoms with E-state index in [4.69, 9.17) is 0 Å². The topological polar surface area (TPSA) is 77.8 Å². The van der Waals surface area contributed by atoms with Gasteiger partial charge in [0.25, 0.3) is 0 Å². The highest BCUT2D eigenvalue weighted by Crippen LogP contribution is 2.35. The Morgan fingerprint density at radius 2 is 1.88 bits per heavy atom. The van der Waals surface area contributed by atoms with Crippen LogP contribution in [0.5, 0.6) is 0 Å². The summed E-state index contributed by atoms with van der Waals surface area (Å²) in [6, 6.07) is 6.26. The molecule has 2 rings (SSSR count). The Balaban J connectivity index is 2.05. The van der Waals surface area contributed by atoms with Crippen LogP contribution in [0.15, 0.2) is 18.2 Å². The first-order valence-electron chi connectivity index (χ1n) is 9.05. The maximum atomic E-state index is 12.6. The molecule has 2 N–H and O–H groups in total. The Bertz CT molecular complexity index is 622. The second-order valence-corrected chi connectivity index (χ2v) is 7.33. The van der Waals surface area contributed by atoms with Crippen LogP contribution in [0.4, 0.5) is 0 Å². The second kappa shape index (κ2) is 8.00. The van der Waals surface area contributed by atoms with Crippen molar-refractivity contribution in [2.24, 2.45) is 5.41 Å². The number of aryl methyl sites for hydroxylation is 3. The SMILES string of the molecule is CCC[C@@]1(C(=O)O)CN(C(=O)CCc2cc(C)cc(C)c2)CC[C@@H]1O. The number of aliphatic carboxylic acids is 1. The maximum absolute atomic E-state index is 12.6. The Morgan fingerprint density at radius 1 is 1.24 bits per heavy atom. The van der Waals surface area contributed by atoms with Crippen LogP contribution in [0.1, 0.15) is 49.3 Å². The lowest BCUT2D eigenvalue weighted by Gasteiger charge is -2.43. The van der Waals surface area contributed by atoms with Gasteiger partial charge in [-0.2, -0.15) is 0 Å². The first kappa shape index (κ1) is 19.4. The molecule has 0 radical (unpaired) electrons. The number of carboxylic acid groups (broad SMARTS) is 1. The minimum atomic E-state index is -1.23. The summed E-state index contributed by atoms with van der Waals surface area (Å²) >= 11 is 0. The first-order valence-corrected chi connectivity index (χ1v) is 9.05. The molecule has 1 aromatic carbocycles. The zero-order valence-corrected chi connectivity index (χ0v) is 15.4. The largest absolute Gasteiger partial charge is 0.481 e. The number of aliphatic hydroxyl groups excluding tert-OH is 1. The van der Waals surface area contributed by atoms with Gasteiger partial charge in [-0.05, 0) is 38.7 Å². The zero-order chi connectivity index (χ0) is 18.6. The van der Waals surface area contributed by atoms with E-state index >= 15 is 0 Å². The molecule has 0 saturated carbocycles. The molecule has 1 aromatic rings. The van der Waals surface area contributed by atoms with E-state index in [0.717, 1.165) is 5.56 Å². The molecule has 0 unspecified atom stereocenters. The molecule has 1 fully saturated rings. The molecule has 5 nitrogen and oxygen atoms in total. The molecule has 0 bridgehead atoms. The molecule has 25 heavy (non-hydrogen) atoms. The predicted molar refractivity (Wildman–Crippen MR) is 96.4 cm³/mol. The van der Waals surface area contributed by atoms with Crippen molar-refractivity contribution in [1.29, 1.82) is 0 Å². The normalized spacial score (nSPS) is 23.5. The average molecular weight is 347 g/mol. The fourth-order valence-electron chi connectivity index (χ4n) is 3.92. The molecular weight excluding hydrogens is 318 g/mol. The molecule has 1 aliphatic rings. The standard InChI is InChI=1S/C20H29NO4/c1-4-8-20(19(24)25)13-21(9-7-17(20)22)18(23)6-5-16-11-14(2)10-15(3)12-16/h10-12,17,22H,4-9,13H2,1-3H3,(H,24,25)/t17-,20+/m0/s1. The van der Waals surface area contributed by atoms with Crippen molar-refractivity contribution in [2.75, 3.05) is 13.1 Å².